The molecule has 0 heterocycles. The quantitative estimate of drug-likeness (QED) is 0.299. The number of carbonyl (C=O) groups is 5. The lowest BCUT2D eigenvalue weighted by molar-refractivity contribution is -0.244. The molecule has 12 heteroatoms. The van der Waals surface area contributed by atoms with Gasteiger partial charge in [-0.05, 0) is 31.9 Å². The van der Waals surface area contributed by atoms with Crippen LogP contribution in [0.2, 0.25) is 0 Å². The number of fused-ring (bicyclic) bond motifs is 4. The van der Waals surface area contributed by atoms with Crippen LogP contribution in [0.25, 0.3) is 0 Å². The summed E-state index contributed by atoms with van der Waals surface area (Å²) in [6.07, 6.45) is -0.134. The van der Waals surface area contributed by atoms with E-state index in [0.717, 1.165) is 25.1 Å². The number of aliphatic carboxylic acids is 1. The molecule has 1 fully saturated rings. The summed E-state index contributed by atoms with van der Waals surface area (Å²) in [6.45, 7) is 2.61. The molecule has 0 bridgehead atoms. The minimum atomic E-state index is -3.23. The number of aliphatic hydroxyl groups is 3. The van der Waals surface area contributed by atoms with E-state index in [0.29, 0.717) is 17.3 Å². The van der Waals surface area contributed by atoms with Crippen molar-refractivity contribution in [3.63, 3.8) is 0 Å². The number of aromatic hydroxyl groups is 1. The molecule has 5 atom stereocenters. The summed E-state index contributed by atoms with van der Waals surface area (Å²) in [5.74, 6) is -6.74. The molecule has 4 rings (SSSR count). The highest BCUT2D eigenvalue weighted by Gasteiger charge is 2.82. The Morgan fingerprint density at radius 2 is 1.75 bits per heavy atom. The van der Waals surface area contributed by atoms with Crippen LogP contribution in [0, 0.1) is 0 Å². The van der Waals surface area contributed by atoms with Crippen molar-refractivity contribution in [2.45, 2.75) is 60.7 Å². The number of carboxylic acid groups (broad SMARTS) is 1. The van der Waals surface area contributed by atoms with Gasteiger partial charge in [0.05, 0.1) is 5.56 Å². The summed E-state index contributed by atoms with van der Waals surface area (Å²) in [5.41, 5.74) is -9.21. The van der Waals surface area contributed by atoms with Crippen LogP contribution in [-0.4, -0.2) is 88.1 Å². The number of phenolic OH excluding ortho intramolecular Hbond substituents is 1. The van der Waals surface area contributed by atoms with E-state index >= 15 is 0 Å². The van der Waals surface area contributed by atoms with Gasteiger partial charge in [-0.25, -0.2) is 4.79 Å². The van der Waals surface area contributed by atoms with E-state index in [4.69, 9.17) is 0 Å². The number of Topliss-reactive ketones (excluding diaryl/α,β-unsaturated/α-hetero) is 2. The third kappa shape index (κ3) is 3.14. The molecule has 36 heavy (non-hydrogen) atoms. The Kier molecular flexibility index (Phi) is 5.95. The Morgan fingerprint density at radius 3 is 2.36 bits per heavy atom. The lowest BCUT2D eigenvalue weighted by Gasteiger charge is -2.63. The van der Waals surface area contributed by atoms with Crippen LogP contribution in [0.3, 0.4) is 0 Å². The third-order valence-corrected chi connectivity index (χ3v) is 9.04. The Morgan fingerprint density at radius 1 is 1.08 bits per heavy atom. The van der Waals surface area contributed by atoms with E-state index in [2.05, 4.69) is 5.32 Å². The average molecular weight is 520 g/mol. The molecule has 192 valence electrons. The van der Waals surface area contributed by atoms with Crippen molar-refractivity contribution in [1.82, 2.24) is 5.32 Å². The van der Waals surface area contributed by atoms with Crippen molar-refractivity contribution in [2.24, 2.45) is 0 Å². The molecule has 0 spiro atoms. The van der Waals surface area contributed by atoms with Crippen molar-refractivity contribution in [1.29, 1.82) is 0 Å². The number of rotatable bonds is 5. The maximum atomic E-state index is 14.0. The Hall–Kier alpha value is -3.06. The van der Waals surface area contributed by atoms with Gasteiger partial charge < -0.3 is 30.8 Å². The Labute approximate surface area is 209 Å². The smallest absolute Gasteiger partial charge is 0.327 e. The highest BCUT2D eigenvalue weighted by Crippen LogP contribution is 2.62. The second-order valence-corrected chi connectivity index (χ2v) is 10.9. The number of amides is 1. The number of carbonyl (C=O) groups excluding carboxylic acids is 4. The van der Waals surface area contributed by atoms with Crippen LogP contribution in [0.1, 0.15) is 53.8 Å². The van der Waals surface area contributed by atoms with Gasteiger partial charge in [0, 0.05) is 24.7 Å². The van der Waals surface area contributed by atoms with E-state index < -0.39 is 92.3 Å². The Balaban J connectivity index is 1.98. The largest absolute Gasteiger partial charge is 0.507 e. The zero-order chi connectivity index (χ0) is 26.8. The van der Waals surface area contributed by atoms with E-state index in [1.54, 1.807) is 0 Å². The van der Waals surface area contributed by atoms with Crippen molar-refractivity contribution < 1.29 is 49.5 Å². The molecule has 3 aliphatic carbocycles. The molecule has 0 aromatic heterocycles. The molecular formula is C24H25NO10S. The predicted molar refractivity (Wildman–Crippen MR) is 125 cm³/mol. The van der Waals surface area contributed by atoms with Gasteiger partial charge in [0.15, 0.2) is 22.8 Å². The van der Waals surface area contributed by atoms with Crippen molar-refractivity contribution in [3.05, 3.63) is 41.0 Å². The highest BCUT2D eigenvalue weighted by atomic mass is 32.2. The topological polar surface area (TPSA) is 199 Å². The van der Waals surface area contributed by atoms with Gasteiger partial charge in [-0.15, -0.1) is 11.8 Å². The SMILES string of the molecule is CC(=O)NC(CSC12CCC3(O)CC(C)=CC(=O)C3(O)C1(O)C(=O)c1cccc(O)c1C2=O)C(=O)O. The number of hydrogen-bond acceptors (Lipinski definition) is 10. The van der Waals surface area contributed by atoms with Crippen LogP contribution < -0.4 is 5.32 Å². The summed E-state index contributed by atoms with van der Waals surface area (Å²) < 4.78 is -2.38. The van der Waals surface area contributed by atoms with Gasteiger partial charge in [-0.2, -0.15) is 0 Å². The van der Waals surface area contributed by atoms with E-state index in [9.17, 15) is 49.5 Å². The fraction of sp³-hybridized carbons (Fsp3) is 0.458. The van der Waals surface area contributed by atoms with Crippen LogP contribution in [0.15, 0.2) is 29.8 Å². The van der Waals surface area contributed by atoms with Gasteiger partial charge in [0.2, 0.25) is 11.7 Å². The summed E-state index contributed by atoms with van der Waals surface area (Å²) in [7, 11) is 0. The zero-order valence-corrected chi connectivity index (χ0v) is 20.2. The first-order valence-electron chi connectivity index (χ1n) is 11.1. The summed E-state index contributed by atoms with van der Waals surface area (Å²) in [5, 5.41) is 57.6. The van der Waals surface area contributed by atoms with Gasteiger partial charge in [0.1, 0.15) is 22.1 Å². The molecular weight excluding hydrogens is 494 g/mol. The lowest BCUT2D eigenvalue weighted by Crippen LogP contribution is -2.86. The minimum absolute atomic E-state index is 0.268. The molecule has 0 radical (unpaired) electrons. The Bertz CT molecular complexity index is 1260. The maximum absolute atomic E-state index is 14.0. The fourth-order valence-corrected chi connectivity index (χ4v) is 7.32. The van der Waals surface area contributed by atoms with Crippen LogP contribution in [-0.2, 0) is 14.4 Å². The molecule has 5 unspecified atom stereocenters. The second kappa shape index (κ2) is 8.23. The predicted octanol–water partition coefficient (Wildman–Crippen LogP) is -0.261. The number of nitrogens with one attached hydrogen (secondary N) is 1. The van der Waals surface area contributed by atoms with E-state index in [1.165, 1.54) is 13.0 Å². The number of benzene rings is 1. The molecule has 1 aromatic carbocycles. The summed E-state index contributed by atoms with van der Waals surface area (Å²) in [6, 6.07) is 1.98. The van der Waals surface area contributed by atoms with E-state index in [-0.39, 0.29) is 6.42 Å². The monoisotopic (exact) mass is 519 g/mol. The zero-order valence-electron chi connectivity index (χ0n) is 19.4. The van der Waals surface area contributed by atoms with Crippen molar-refractivity contribution >= 4 is 41.0 Å². The number of phenols is 1. The molecule has 6 N–H and O–H groups in total. The van der Waals surface area contributed by atoms with Crippen LogP contribution >= 0.6 is 11.8 Å². The highest BCUT2D eigenvalue weighted by molar-refractivity contribution is 8.01. The molecule has 0 aliphatic heterocycles. The number of thioether (sulfide) groups is 1. The number of carboxylic acids is 1. The molecule has 0 saturated heterocycles. The normalized spacial score (nSPS) is 34.1. The van der Waals surface area contributed by atoms with Crippen molar-refractivity contribution in [3.8, 4) is 5.75 Å². The number of hydrogen-bond donors (Lipinski definition) is 6. The molecule has 11 nitrogen and oxygen atoms in total. The fourth-order valence-electron chi connectivity index (χ4n) is 5.72. The van der Waals surface area contributed by atoms with E-state index in [1.807, 2.05) is 0 Å². The second-order valence-electron chi connectivity index (χ2n) is 9.57. The maximum Gasteiger partial charge on any atom is 0.327 e. The standard InChI is InChI=1S/C24H25NO10S/c1-11-8-16(28)23(34)21(33,9-11)6-7-22(36-10-14(20(31)32)25-12(2)26)19(30)17-13(4-3-5-15(17)27)18(29)24(22,23)35/h3-5,8,14,27,33-35H,6-7,9-10H2,1-2H3,(H,25,26)(H,31,32). The average Bonchev–Trinajstić information content (AvgIpc) is 2.78. The summed E-state index contributed by atoms with van der Waals surface area (Å²) in [4.78, 5) is 64.4. The van der Waals surface area contributed by atoms with Gasteiger partial charge in [-0.1, -0.05) is 17.7 Å². The van der Waals surface area contributed by atoms with Crippen molar-refractivity contribution in [2.75, 3.05) is 5.75 Å². The van der Waals surface area contributed by atoms with Gasteiger partial charge in [-0.3, -0.25) is 19.2 Å². The molecule has 1 saturated carbocycles. The van der Waals surface area contributed by atoms with Gasteiger partial charge >= 0.3 is 5.97 Å². The first kappa shape index (κ1) is 26.0. The molecule has 1 aromatic rings. The first-order chi connectivity index (χ1) is 16.7. The minimum Gasteiger partial charge on any atom is -0.507 e. The molecule has 3 aliphatic rings. The third-order valence-electron chi connectivity index (χ3n) is 7.36. The summed E-state index contributed by atoms with van der Waals surface area (Å²) >= 11 is 0.475. The first-order valence-corrected chi connectivity index (χ1v) is 12.1. The van der Waals surface area contributed by atoms with Gasteiger partial charge in [0.25, 0.3) is 0 Å². The van der Waals surface area contributed by atoms with Crippen LogP contribution in [0.4, 0.5) is 0 Å². The van der Waals surface area contributed by atoms with Crippen LogP contribution in [0.5, 0.6) is 5.75 Å². The lowest BCUT2D eigenvalue weighted by atomic mass is 9.48. The number of ketones is 3. The molecule has 1 amide bonds.